The molecule has 1 aliphatic rings. The first kappa shape index (κ1) is 30.8. The quantitative estimate of drug-likeness (QED) is 0.197. The number of nitrogens with zero attached hydrogens (tertiary/aromatic N) is 2. The topological polar surface area (TPSA) is 65.2 Å². The van der Waals surface area contributed by atoms with Crippen LogP contribution in [0, 0.1) is 13.8 Å². The Bertz CT molecular complexity index is 2060. The predicted octanol–water partition coefficient (Wildman–Crippen LogP) is 11.2. The molecule has 0 bridgehead atoms. The Hall–Kier alpha value is -5.22. The van der Waals surface area contributed by atoms with Gasteiger partial charge in [0.15, 0.2) is 11.5 Å². The van der Waals surface area contributed by atoms with Crippen LogP contribution in [0.3, 0.4) is 0 Å². The van der Waals surface area contributed by atoms with Gasteiger partial charge in [-0.25, -0.2) is 9.98 Å². The maximum Gasteiger partial charge on any atom is 0.158 e. The van der Waals surface area contributed by atoms with Crippen LogP contribution < -0.4 is 0 Å². The molecule has 0 radical (unpaired) electrons. The van der Waals surface area contributed by atoms with E-state index >= 15 is 0 Å². The summed E-state index contributed by atoms with van der Waals surface area (Å²) in [7, 11) is 0. The van der Waals surface area contributed by atoms with E-state index in [1.165, 1.54) is 44.2 Å². The zero-order chi connectivity index (χ0) is 32.5. The SMILES string of the molecule is Cc1cccc(C)c1N=C1C(=Nc2c(C(C)C)cccc2C(C)C)c2cccc3cccc1c23.Oc1cc2ccccc2cc1O. The first-order chi connectivity index (χ1) is 22.1. The molecule has 0 saturated heterocycles. The third-order valence-electron chi connectivity index (χ3n) is 8.71. The van der Waals surface area contributed by atoms with Gasteiger partial charge in [0, 0.05) is 16.5 Å². The van der Waals surface area contributed by atoms with Crippen molar-refractivity contribution in [3.05, 3.63) is 143 Å². The van der Waals surface area contributed by atoms with Crippen molar-refractivity contribution in [2.24, 2.45) is 9.98 Å². The first-order valence-corrected chi connectivity index (χ1v) is 15.9. The molecule has 0 amide bonds. The molecule has 0 spiro atoms. The largest absolute Gasteiger partial charge is 0.504 e. The second-order valence-electron chi connectivity index (χ2n) is 12.7. The molecule has 2 N–H and O–H groups in total. The van der Waals surface area contributed by atoms with Crippen LogP contribution in [0.25, 0.3) is 21.5 Å². The summed E-state index contributed by atoms with van der Waals surface area (Å²) in [5.74, 6) is 0.621. The number of phenols is 2. The molecule has 46 heavy (non-hydrogen) atoms. The molecule has 4 heteroatoms. The summed E-state index contributed by atoms with van der Waals surface area (Å²) in [6, 6.07) is 36.6. The Kier molecular flexibility index (Phi) is 8.46. The van der Waals surface area contributed by atoms with Crippen molar-refractivity contribution >= 4 is 44.3 Å². The number of benzene rings is 6. The Morgan fingerprint density at radius 2 is 0.891 bits per heavy atom. The minimum atomic E-state index is -0.0753. The fourth-order valence-corrected chi connectivity index (χ4v) is 6.28. The van der Waals surface area contributed by atoms with Gasteiger partial charge in [-0.1, -0.05) is 125 Å². The number of hydrogen-bond donors (Lipinski definition) is 2. The van der Waals surface area contributed by atoms with Gasteiger partial charge in [-0.2, -0.15) is 0 Å². The van der Waals surface area contributed by atoms with Gasteiger partial charge in [0.05, 0.1) is 22.8 Å². The summed E-state index contributed by atoms with van der Waals surface area (Å²) in [5.41, 5.74) is 11.4. The number of phenolic OH excluding ortho intramolecular Hbond substituents is 2. The molecule has 0 saturated carbocycles. The van der Waals surface area contributed by atoms with Gasteiger partial charge in [-0.05, 0) is 76.2 Å². The van der Waals surface area contributed by atoms with Crippen LogP contribution in [-0.2, 0) is 0 Å². The summed E-state index contributed by atoms with van der Waals surface area (Å²) in [4.78, 5) is 10.8. The average molecular weight is 605 g/mol. The number of hydrogen-bond acceptors (Lipinski definition) is 4. The van der Waals surface area contributed by atoms with Crippen LogP contribution in [0.4, 0.5) is 11.4 Å². The number of aliphatic imine (C=N–C) groups is 2. The Morgan fingerprint density at radius 1 is 0.478 bits per heavy atom. The first-order valence-electron chi connectivity index (χ1n) is 15.9. The summed E-state index contributed by atoms with van der Waals surface area (Å²) < 4.78 is 0. The second kappa shape index (κ2) is 12.6. The Morgan fingerprint density at radius 3 is 1.37 bits per heavy atom. The highest BCUT2D eigenvalue weighted by molar-refractivity contribution is 6.61. The third-order valence-corrected chi connectivity index (χ3v) is 8.71. The van der Waals surface area contributed by atoms with E-state index in [0.29, 0.717) is 11.8 Å². The molecule has 0 aromatic heterocycles. The van der Waals surface area contributed by atoms with E-state index in [9.17, 15) is 0 Å². The molecule has 1 aliphatic carbocycles. The maximum absolute atomic E-state index is 9.17. The smallest absolute Gasteiger partial charge is 0.158 e. The molecule has 6 aromatic carbocycles. The van der Waals surface area contributed by atoms with Crippen molar-refractivity contribution < 1.29 is 10.2 Å². The molecule has 7 rings (SSSR count). The van der Waals surface area contributed by atoms with Gasteiger partial charge in [0.25, 0.3) is 0 Å². The van der Waals surface area contributed by atoms with Crippen molar-refractivity contribution in [3.8, 4) is 11.5 Å². The minimum absolute atomic E-state index is 0.0753. The molecule has 0 heterocycles. The van der Waals surface area contributed by atoms with Crippen molar-refractivity contribution in [1.29, 1.82) is 0 Å². The summed E-state index contributed by atoms with van der Waals surface area (Å²) in [5, 5.41) is 22.7. The van der Waals surface area contributed by atoms with Crippen molar-refractivity contribution in [2.75, 3.05) is 0 Å². The monoisotopic (exact) mass is 604 g/mol. The van der Waals surface area contributed by atoms with E-state index in [0.717, 1.165) is 33.6 Å². The lowest BCUT2D eigenvalue weighted by atomic mass is 9.92. The van der Waals surface area contributed by atoms with Crippen molar-refractivity contribution in [2.45, 2.75) is 53.4 Å². The van der Waals surface area contributed by atoms with Crippen molar-refractivity contribution in [1.82, 2.24) is 0 Å². The Labute approximate surface area is 271 Å². The van der Waals surface area contributed by atoms with E-state index in [2.05, 4.69) is 114 Å². The van der Waals surface area contributed by atoms with Gasteiger partial charge in [-0.15, -0.1) is 0 Å². The van der Waals surface area contributed by atoms with E-state index < -0.39 is 0 Å². The highest BCUT2D eigenvalue weighted by atomic mass is 16.3. The third kappa shape index (κ3) is 5.79. The molecule has 0 atom stereocenters. The fraction of sp³-hybridized carbons (Fsp3) is 0.190. The minimum Gasteiger partial charge on any atom is -0.504 e. The highest BCUT2D eigenvalue weighted by Gasteiger charge is 2.28. The van der Waals surface area contributed by atoms with Gasteiger partial charge >= 0.3 is 0 Å². The number of para-hydroxylation sites is 2. The van der Waals surface area contributed by atoms with Gasteiger partial charge in [0.1, 0.15) is 0 Å². The number of aryl methyl sites for hydroxylation is 2. The lowest BCUT2D eigenvalue weighted by Crippen LogP contribution is -2.11. The number of fused-ring (bicyclic) bond motifs is 1. The molecular formula is C42H40N2O2. The van der Waals surface area contributed by atoms with Gasteiger partial charge < -0.3 is 10.2 Å². The zero-order valence-corrected chi connectivity index (χ0v) is 27.3. The second-order valence-corrected chi connectivity index (χ2v) is 12.7. The van der Waals surface area contributed by atoms with Crippen LogP contribution in [0.1, 0.15) is 72.9 Å². The summed E-state index contributed by atoms with van der Waals surface area (Å²) in [6.45, 7) is 13.3. The van der Waals surface area contributed by atoms with Crippen LogP contribution in [0.2, 0.25) is 0 Å². The molecule has 4 nitrogen and oxygen atoms in total. The van der Waals surface area contributed by atoms with E-state index in [1.54, 1.807) is 12.1 Å². The average Bonchev–Trinajstić information content (AvgIpc) is 3.33. The predicted molar refractivity (Wildman–Crippen MR) is 194 cm³/mol. The van der Waals surface area contributed by atoms with Crippen LogP contribution in [0.15, 0.2) is 119 Å². The fourth-order valence-electron chi connectivity index (χ4n) is 6.28. The van der Waals surface area contributed by atoms with Gasteiger partial charge in [-0.3, -0.25) is 0 Å². The molecular weight excluding hydrogens is 564 g/mol. The lowest BCUT2D eigenvalue weighted by molar-refractivity contribution is 0.405. The van der Waals surface area contributed by atoms with E-state index in [-0.39, 0.29) is 11.5 Å². The van der Waals surface area contributed by atoms with Crippen LogP contribution in [-0.4, -0.2) is 21.6 Å². The number of rotatable bonds is 4. The Balaban J connectivity index is 0.000000259. The van der Waals surface area contributed by atoms with Crippen LogP contribution in [0.5, 0.6) is 11.5 Å². The zero-order valence-electron chi connectivity index (χ0n) is 27.3. The molecule has 0 unspecified atom stereocenters. The van der Waals surface area contributed by atoms with E-state index in [1.807, 2.05) is 24.3 Å². The normalized spacial score (nSPS) is 14.1. The molecule has 0 fully saturated rings. The molecule has 6 aromatic rings. The summed E-state index contributed by atoms with van der Waals surface area (Å²) >= 11 is 0. The number of aromatic hydroxyl groups is 2. The van der Waals surface area contributed by atoms with Gasteiger partial charge in [0.2, 0.25) is 0 Å². The lowest BCUT2D eigenvalue weighted by Gasteiger charge is -2.17. The molecule has 0 aliphatic heterocycles. The summed E-state index contributed by atoms with van der Waals surface area (Å²) in [6.07, 6.45) is 0. The van der Waals surface area contributed by atoms with Crippen LogP contribution >= 0.6 is 0 Å². The molecule has 230 valence electrons. The van der Waals surface area contributed by atoms with E-state index in [4.69, 9.17) is 20.2 Å². The highest BCUT2D eigenvalue weighted by Crippen LogP contribution is 2.39. The van der Waals surface area contributed by atoms with Crippen molar-refractivity contribution in [3.63, 3.8) is 0 Å². The standard InChI is InChI=1S/C32H32N2.C10H8O2/c1-19(2)24-15-10-16-25(20(3)4)30(24)34-32-27-18-9-14-23-13-8-17-26(28(23)27)31(32)33-29-21(5)11-7-12-22(29)6;11-9-5-7-3-1-2-4-8(7)6-10(9)12/h7-20H,1-6H3;1-6,11-12H. The maximum atomic E-state index is 9.17.